The third-order valence-corrected chi connectivity index (χ3v) is 4.63. The van der Waals surface area contributed by atoms with Gasteiger partial charge in [-0.15, -0.1) is 0 Å². The minimum atomic E-state index is 0.356. The zero-order valence-electron chi connectivity index (χ0n) is 14.7. The van der Waals surface area contributed by atoms with Gasteiger partial charge in [-0.2, -0.15) is 0 Å². The van der Waals surface area contributed by atoms with Crippen molar-refractivity contribution in [2.45, 2.75) is 19.5 Å². The average Bonchev–Trinajstić information content (AvgIpc) is 2.69. The Balaban J connectivity index is 1.45. The number of ether oxygens (including phenoxy) is 1. The summed E-state index contributed by atoms with van der Waals surface area (Å²) < 4.78 is 5.28. The number of aromatic nitrogens is 3. The fourth-order valence-corrected chi connectivity index (χ4v) is 3.25. The van der Waals surface area contributed by atoms with Crippen LogP contribution in [-0.2, 0) is 19.5 Å². The molecule has 0 saturated heterocycles. The highest BCUT2D eigenvalue weighted by molar-refractivity contribution is 5.61. The van der Waals surface area contributed by atoms with Gasteiger partial charge in [-0.1, -0.05) is 18.2 Å². The first kappa shape index (κ1) is 16.5. The first-order valence-electron chi connectivity index (χ1n) is 8.63. The van der Waals surface area contributed by atoms with Gasteiger partial charge >= 0.3 is 0 Å². The fourth-order valence-electron chi connectivity index (χ4n) is 3.25. The Hall–Kier alpha value is -2.99. The maximum atomic E-state index is 5.67. The molecule has 4 rings (SSSR count). The highest BCUT2D eigenvalue weighted by Gasteiger charge is 2.18. The minimum absolute atomic E-state index is 0.356. The molecule has 0 unspecified atom stereocenters. The molecule has 0 bridgehead atoms. The summed E-state index contributed by atoms with van der Waals surface area (Å²) in [5, 5.41) is 0. The molecule has 26 heavy (non-hydrogen) atoms. The van der Waals surface area contributed by atoms with E-state index in [9.17, 15) is 0 Å². The molecule has 0 aliphatic carbocycles. The molecule has 0 spiro atoms. The number of hydrogen-bond donors (Lipinski definition) is 1. The number of anilines is 1. The van der Waals surface area contributed by atoms with E-state index < -0.39 is 0 Å². The van der Waals surface area contributed by atoms with E-state index >= 15 is 0 Å². The lowest BCUT2D eigenvalue weighted by Crippen LogP contribution is -2.31. The van der Waals surface area contributed by atoms with Gasteiger partial charge in [0, 0.05) is 49.6 Å². The number of fused-ring (bicyclic) bond motifs is 1. The quantitative estimate of drug-likeness (QED) is 0.782. The van der Waals surface area contributed by atoms with E-state index in [2.05, 4.69) is 32.0 Å². The average molecular weight is 347 g/mol. The van der Waals surface area contributed by atoms with Crippen LogP contribution in [0.4, 0.5) is 5.95 Å². The molecule has 0 saturated carbocycles. The smallest absolute Gasteiger partial charge is 0.220 e. The second-order valence-corrected chi connectivity index (χ2v) is 6.44. The molecule has 0 atom stereocenters. The summed E-state index contributed by atoms with van der Waals surface area (Å²) >= 11 is 0. The summed E-state index contributed by atoms with van der Waals surface area (Å²) in [4.78, 5) is 15.4. The molecule has 132 valence electrons. The molecule has 0 amide bonds. The standard InChI is InChI=1S/C20H21N5O/c1-26-17-4-2-3-15(9-17)18-6-5-14(10-22-18)12-25-8-7-19-16(13-25)11-23-20(21)24-19/h2-6,9-11H,7-8,12-13H2,1H3,(H2,21,23,24). The van der Waals surface area contributed by atoms with Crippen LogP contribution in [0.1, 0.15) is 16.8 Å². The van der Waals surface area contributed by atoms with Crippen LogP contribution in [0, 0.1) is 0 Å². The Morgan fingerprint density at radius 2 is 2.08 bits per heavy atom. The van der Waals surface area contributed by atoms with Crippen molar-refractivity contribution in [2.75, 3.05) is 19.4 Å². The van der Waals surface area contributed by atoms with E-state index in [1.165, 1.54) is 5.56 Å². The van der Waals surface area contributed by atoms with Crippen LogP contribution in [0.25, 0.3) is 11.3 Å². The third-order valence-electron chi connectivity index (χ3n) is 4.63. The SMILES string of the molecule is COc1cccc(-c2ccc(CN3CCc4nc(N)ncc4C3)cn2)c1. The maximum absolute atomic E-state index is 5.67. The molecule has 1 aliphatic heterocycles. The lowest BCUT2D eigenvalue weighted by atomic mass is 10.1. The fraction of sp³-hybridized carbons (Fsp3) is 0.250. The van der Waals surface area contributed by atoms with E-state index in [1.807, 2.05) is 36.7 Å². The second-order valence-electron chi connectivity index (χ2n) is 6.44. The molecule has 1 aliphatic rings. The lowest BCUT2D eigenvalue weighted by molar-refractivity contribution is 0.243. The van der Waals surface area contributed by atoms with Gasteiger partial charge in [-0.3, -0.25) is 9.88 Å². The largest absolute Gasteiger partial charge is 0.497 e. The number of methoxy groups -OCH3 is 1. The summed E-state index contributed by atoms with van der Waals surface area (Å²) in [5.74, 6) is 1.19. The molecule has 1 aromatic carbocycles. The molecule has 0 radical (unpaired) electrons. The van der Waals surface area contributed by atoms with Crippen LogP contribution < -0.4 is 10.5 Å². The molecule has 0 fully saturated rings. The third kappa shape index (κ3) is 3.50. The summed E-state index contributed by atoms with van der Waals surface area (Å²) in [6.45, 7) is 2.66. The van der Waals surface area contributed by atoms with E-state index in [0.717, 1.165) is 54.3 Å². The highest BCUT2D eigenvalue weighted by atomic mass is 16.5. The van der Waals surface area contributed by atoms with Crippen molar-refractivity contribution < 1.29 is 4.74 Å². The van der Waals surface area contributed by atoms with Crippen LogP contribution in [0.15, 0.2) is 48.8 Å². The Kier molecular flexibility index (Phi) is 4.50. The van der Waals surface area contributed by atoms with Crippen molar-refractivity contribution in [1.29, 1.82) is 0 Å². The molecular formula is C20H21N5O. The lowest BCUT2D eigenvalue weighted by Gasteiger charge is -2.27. The first-order chi connectivity index (χ1) is 12.7. The summed E-state index contributed by atoms with van der Waals surface area (Å²) in [6, 6.07) is 12.1. The first-order valence-corrected chi connectivity index (χ1v) is 8.63. The van der Waals surface area contributed by atoms with Gasteiger partial charge in [0.25, 0.3) is 0 Å². The molecule has 6 heteroatoms. The van der Waals surface area contributed by atoms with Gasteiger partial charge in [0.2, 0.25) is 5.95 Å². The van der Waals surface area contributed by atoms with Gasteiger partial charge in [0.15, 0.2) is 0 Å². The Bertz CT molecular complexity index is 910. The van der Waals surface area contributed by atoms with Crippen molar-refractivity contribution in [3.8, 4) is 17.0 Å². The number of nitrogens with zero attached hydrogens (tertiary/aromatic N) is 4. The molecule has 3 aromatic rings. The number of pyridine rings is 1. The monoisotopic (exact) mass is 347 g/mol. The number of benzene rings is 1. The number of nitrogen functional groups attached to an aromatic ring is 1. The molecular weight excluding hydrogens is 326 g/mol. The van der Waals surface area contributed by atoms with Crippen molar-refractivity contribution in [3.05, 3.63) is 65.6 Å². The van der Waals surface area contributed by atoms with Crippen molar-refractivity contribution >= 4 is 5.95 Å². The van der Waals surface area contributed by atoms with Gasteiger partial charge in [-0.25, -0.2) is 9.97 Å². The van der Waals surface area contributed by atoms with Crippen LogP contribution in [-0.4, -0.2) is 33.5 Å². The van der Waals surface area contributed by atoms with Gasteiger partial charge < -0.3 is 10.5 Å². The van der Waals surface area contributed by atoms with Crippen LogP contribution in [0.5, 0.6) is 5.75 Å². The van der Waals surface area contributed by atoms with E-state index in [-0.39, 0.29) is 0 Å². The Morgan fingerprint density at radius 1 is 1.15 bits per heavy atom. The number of hydrogen-bond acceptors (Lipinski definition) is 6. The number of nitrogens with two attached hydrogens (primary N) is 1. The zero-order chi connectivity index (χ0) is 17.9. The van der Waals surface area contributed by atoms with E-state index in [4.69, 9.17) is 10.5 Å². The normalized spacial score (nSPS) is 14.0. The van der Waals surface area contributed by atoms with Crippen LogP contribution in [0.3, 0.4) is 0 Å². The van der Waals surface area contributed by atoms with Crippen molar-refractivity contribution in [3.63, 3.8) is 0 Å². The van der Waals surface area contributed by atoms with E-state index in [1.54, 1.807) is 7.11 Å². The summed E-state index contributed by atoms with van der Waals surface area (Å²) in [7, 11) is 1.67. The topological polar surface area (TPSA) is 77.2 Å². The summed E-state index contributed by atoms with van der Waals surface area (Å²) in [6.07, 6.45) is 4.69. The Morgan fingerprint density at radius 3 is 2.88 bits per heavy atom. The zero-order valence-corrected chi connectivity index (χ0v) is 14.7. The molecule has 3 heterocycles. The predicted octanol–water partition coefficient (Wildman–Crippen LogP) is 2.69. The van der Waals surface area contributed by atoms with Gasteiger partial charge in [0.1, 0.15) is 5.75 Å². The van der Waals surface area contributed by atoms with Gasteiger partial charge in [0.05, 0.1) is 18.5 Å². The molecule has 2 aromatic heterocycles. The highest BCUT2D eigenvalue weighted by Crippen LogP contribution is 2.23. The second kappa shape index (κ2) is 7.09. The Labute approximate surface area is 152 Å². The minimum Gasteiger partial charge on any atom is -0.497 e. The predicted molar refractivity (Wildman–Crippen MR) is 100 cm³/mol. The van der Waals surface area contributed by atoms with Crippen molar-refractivity contribution in [1.82, 2.24) is 19.9 Å². The number of rotatable bonds is 4. The molecule has 6 nitrogen and oxygen atoms in total. The van der Waals surface area contributed by atoms with Crippen molar-refractivity contribution in [2.24, 2.45) is 0 Å². The maximum Gasteiger partial charge on any atom is 0.220 e. The van der Waals surface area contributed by atoms with Crippen LogP contribution >= 0.6 is 0 Å². The van der Waals surface area contributed by atoms with Crippen LogP contribution in [0.2, 0.25) is 0 Å². The molecule has 2 N–H and O–H groups in total. The van der Waals surface area contributed by atoms with E-state index in [0.29, 0.717) is 5.95 Å². The summed E-state index contributed by atoms with van der Waals surface area (Å²) in [5.41, 5.74) is 11.1. The van der Waals surface area contributed by atoms with Gasteiger partial charge in [-0.05, 0) is 23.8 Å².